The molecule has 0 spiro atoms. The molecule has 0 radical (unpaired) electrons. The first-order valence-corrected chi connectivity index (χ1v) is 5.84. The van der Waals surface area contributed by atoms with Crippen molar-refractivity contribution in [3.63, 3.8) is 0 Å². The van der Waals surface area contributed by atoms with Crippen molar-refractivity contribution in [2.24, 2.45) is 11.7 Å². The number of ether oxygens (including phenoxy) is 1. The van der Waals surface area contributed by atoms with Crippen LogP contribution in [0.15, 0.2) is 24.3 Å². The first-order chi connectivity index (χ1) is 8.21. The fourth-order valence-corrected chi connectivity index (χ4v) is 1.66. The molecule has 0 aliphatic carbocycles. The van der Waals surface area contributed by atoms with Crippen LogP contribution in [0, 0.1) is 5.92 Å². The van der Waals surface area contributed by atoms with Crippen molar-refractivity contribution in [3.8, 4) is 5.75 Å². The summed E-state index contributed by atoms with van der Waals surface area (Å²) in [6, 6.07) is 7.76. The Kier molecular flexibility index (Phi) is 5.49. The Bertz CT molecular complexity index is 349. The monoisotopic (exact) mass is 236 g/mol. The van der Waals surface area contributed by atoms with Gasteiger partial charge >= 0.3 is 0 Å². The summed E-state index contributed by atoms with van der Waals surface area (Å²) in [5.41, 5.74) is 6.68. The lowest BCUT2D eigenvalue weighted by atomic mass is 9.98. The summed E-state index contributed by atoms with van der Waals surface area (Å²) in [4.78, 5) is 11.5. The third-order valence-electron chi connectivity index (χ3n) is 2.62. The Morgan fingerprint density at radius 2 is 2.06 bits per heavy atom. The van der Waals surface area contributed by atoms with Crippen LogP contribution in [0.3, 0.4) is 0 Å². The zero-order valence-corrected chi connectivity index (χ0v) is 10.4. The van der Waals surface area contributed by atoms with Gasteiger partial charge in [0.2, 0.25) is 5.91 Å². The van der Waals surface area contributed by atoms with E-state index in [9.17, 15) is 4.79 Å². The summed E-state index contributed by atoms with van der Waals surface area (Å²) in [7, 11) is 1.63. The van der Waals surface area contributed by atoms with Crippen LogP contribution in [-0.2, 0) is 11.2 Å². The van der Waals surface area contributed by atoms with E-state index in [1.54, 1.807) is 7.05 Å². The van der Waals surface area contributed by atoms with Crippen LogP contribution in [0.1, 0.15) is 12.5 Å². The molecule has 1 atom stereocenters. The summed E-state index contributed by atoms with van der Waals surface area (Å²) >= 11 is 0. The van der Waals surface area contributed by atoms with E-state index in [4.69, 9.17) is 10.5 Å². The second-order valence-corrected chi connectivity index (χ2v) is 3.83. The van der Waals surface area contributed by atoms with Crippen LogP contribution < -0.4 is 15.8 Å². The second kappa shape index (κ2) is 6.91. The van der Waals surface area contributed by atoms with Crippen LogP contribution in [0.5, 0.6) is 5.75 Å². The predicted octanol–water partition coefficient (Wildman–Crippen LogP) is 0.949. The van der Waals surface area contributed by atoms with Gasteiger partial charge in [0.05, 0.1) is 12.5 Å². The molecule has 0 saturated carbocycles. The molecule has 3 N–H and O–H groups in total. The highest BCUT2D eigenvalue weighted by molar-refractivity contribution is 5.78. The molecule has 1 rings (SSSR count). The summed E-state index contributed by atoms with van der Waals surface area (Å²) in [5, 5.41) is 2.62. The Morgan fingerprint density at radius 1 is 1.41 bits per heavy atom. The summed E-state index contributed by atoms with van der Waals surface area (Å²) in [5.74, 6) is 0.666. The summed E-state index contributed by atoms with van der Waals surface area (Å²) in [6.07, 6.45) is 0.655. The van der Waals surface area contributed by atoms with E-state index in [0.717, 1.165) is 11.3 Å². The SMILES string of the molecule is CCOc1ccc(CC(CN)C(=O)NC)cc1. The van der Waals surface area contributed by atoms with E-state index in [-0.39, 0.29) is 11.8 Å². The van der Waals surface area contributed by atoms with Gasteiger partial charge in [-0.1, -0.05) is 12.1 Å². The standard InChI is InChI=1S/C13H20N2O2/c1-3-17-12-6-4-10(5-7-12)8-11(9-14)13(16)15-2/h4-7,11H,3,8-9,14H2,1-2H3,(H,15,16). The fourth-order valence-electron chi connectivity index (χ4n) is 1.66. The first-order valence-electron chi connectivity index (χ1n) is 5.84. The fraction of sp³-hybridized carbons (Fsp3) is 0.462. The molecular weight excluding hydrogens is 216 g/mol. The van der Waals surface area contributed by atoms with Gasteiger partial charge in [-0.3, -0.25) is 4.79 Å². The molecule has 94 valence electrons. The van der Waals surface area contributed by atoms with E-state index in [1.165, 1.54) is 0 Å². The van der Waals surface area contributed by atoms with Gasteiger partial charge in [0.1, 0.15) is 5.75 Å². The molecule has 0 bridgehead atoms. The van der Waals surface area contributed by atoms with Crippen molar-refractivity contribution in [3.05, 3.63) is 29.8 Å². The van der Waals surface area contributed by atoms with Crippen LogP contribution in [0.4, 0.5) is 0 Å². The lowest BCUT2D eigenvalue weighted by Crippen LogP contribution is -2.34. The van der Waals surface area contributed by atoms with Crippen LogP contribution in [0.2, 0.25) is 0 Å². The lowest BCUT2D eigenvalue weighted by molar-refractivity contribution is -0.124. The van der Waals surface area contributed by atoms with Gasteiger partial charge in [0, 0.05) is 13.6 Å². The first kappa shape index (κ1) is 13.5. The molecule has 0 fully saturated rings. The highest BCUT2D eigenvalue weighted by Gasteiger charge is 2.15. The quantitative estimate of drug-likeness (QED) is 0.773. The van der Waals surface area contributed by atoms with Crippen molar-refractivity contribution in [2.75, 3.05) is 20.2 Å². The smallest absolute Gasteiger partial charge is 0.224 e. The molecule has 0 aliphatic rings. The summed E-state index contributed by atoms with van der Waals surface area (Å²) < 4.78 is 5.36. The van der Waals surface area contributed by atoms with Crippen molar-refractivity contribution in [2.45, 2.75) is 13.3 Å². The van der Waals surface area contributed by atoms with E-state index >= 15 is 0 Å². The third-order valence-corrected chi connectivity index (χ3v) is 2.62. The number of nitrogens with two attached hydrogens (primary N) is 1. The average molecular weight is 236 g/mol. The number of benzene rings is 1. The van der Waals surface area contributed by atoms with Gasteiger partial charge in [-0.05, 0) is 31.0 Å². The zero-order chi connectivity index (χ0) is 12.7. The van der Waals surface area contributed by atoms with Crippen LogP contribution in [-0.4, -0.2) is 26.1 Å². The molecule has 4 heteroatoms. The highest BCUT2D eigenvalue weighted by atomic mass is 16.5. The molecule has 0 aliphatic heterocycles. The van der Waals surface area contributed by atoms with E-state index in [1.807, 2.05) is 31.2 Å². The van der Waals surface area contributed by atoms with Crippen LogP contribution >= 0.6 is 0 Å². The third kappa shape index (κ3) is 4.07. The Hall–Kier alpha value is -1.55. The summed E-state index contributed by atoms with van der Waals surface area (Å²) in [6.45, 7) is 2.96. The van der Waals surface area contributed by atoms with E-state index in [0.29, 0.717) is 19.6 Å². The van der Waals surface area contributed by atoms with Crippen molar-refractivity contribution in [1.29, 1.82) is 0 Å². The molecule has 0 heterocycles. The van der Waals surface area contributed by atoms with Gasteiger partial charge in [0.25, 0.3) is 0 Å². The largest absolute Gasteiger partial charge is 0.494 e. The zero-order valence-electron chi connectivity index (χ0n) is 10.4. The number of nitrogens with one attached hydrogen (secondary N) is 1. The minimum absolute atomic E-state index is 0.0126. The van der Waals surface area contributed by atoms with Gasteiger partial charge in [0.15, 0.2) is 0 Å². The molecule has 1 amide bonds. The number of rotatable bonds is 6. The van der Waals surface area contributed by atoms with Crippen molar-refractivity contribution < 1.29 is 9.53 Å². The maximum absolute atomic E-state index is 11.5. The van der Waals surface area contributed by atoms with Gasteiger partial charge in [-0.2, -0.15) is 0 Å². The Labute approximate surface area is 102 Å². The maximum Gasteiger partial charge on any atom is 0.224 e. The Balaban J connectivity index is 2.64. The second-order valence-electron chi connectivity index (χ2n) is 3.83. The lowest BCUT2D eigenvalue weighted by Gasteiger charge is -2.13. The van der Waals surface area contributed by atoms with E-state index < -0.39 is 0 Å². The van der Waals surface area contributed by atoms with Crippen molar-refractivity contribution in [1.82, 2.24) is 5.32 Å². The molecular formula is C13H20N2O2. The maximum atomic E-state index is 11.5. The van der Waals surface area contributed by atoms with Gasteiger partial charge in [-0.15, -0.1) is 0 Å². The van der Waals surface area contributed by atoms with Gasteiger partial charge in [-0.25, -0.2) is 0 Å². The minimum Gasteiger partial charge on any atom is -0.494 e. The van der Waals surface area contributed by atoms with Crippen molar-refractivity contribution >= 4 is 5.91 Å². The molecule has 4 nitrogen and oxygen atoms in total. The molecule has 1 aromatic rings. The minimum atomic E-state index is -0.169. The molecule has 1 aromatic carbocycles. The molecule has 0 aromatic heterocycles. The molecule has 0 saturated heterocycles. The number of carbonyl (C=O) groups is 1. The van der Waals surface area contributed by atoms with E-state index in [2.05, 4.69) is 5.32 Å². The van der Waals surface area contributed by atoms with Crippen LogP contribution in [0.25, 0.3) is 0 Å². The predicted molar refractivity (Wildman–Crippen MR) is 67.9 cm³/mol. The average Bonchev–Trinajstić information content (AvgIpc) is 2.37. The van der Waals surface area contributed by atoms with Gasteiger partial charge < -0.3 is 15.8 Å². The number of hydrogen-bond donors (Lipinski definition) is 2. The molecule has 1 unspecified atom stereocenters. The number of amides is 1. The number of carbonyl (C=O) groups excluding carboxylic acids is 1. The molecule has 17 heavy (non-hydrogen) atoms. The Morgan fingerprint density at radius 3 is 2.53 bits per heavy atom. The highest BCUT2D eigenvalue weighted by Crippen LogP contribution is 2.15. The topological polar surface area (TPSA) is 64.3 Å². The normalized spacial score (nSPS) is 11.9. The number of hydrogen-bond acceptors (Lipinski definition) is 3.